The van der Waals surface area contributed by atoms with Crippen molar-refractivity contribution in [2.24, 2.45) is 0 Å². The molecule has 0 radical (unpaired) electrons. The molecule has 0 aliphatic heterocycles. The molecule has 1 N–H and O–H groups in total. The van der Waals surface area contributed by atoms with Gasteiger partial charge < -0.3 is 9.72 Å². The van der Waals surface area contributed by atoms with Gasteiger partial charge in [0.05, 0.1) is 10.3 Å². The Morgan fingerprint density at radius 2 is 2.00 bits per heavy atom. The second-order valence-electron chi connectivity index (χ2n) is 4.13. The zero-order chi connectivity index (χ0) is 13.9. The van der Waals surface area contributed by atoms with Gasteiger partial charge in [-0.15, -0.1) is 0 Å². The second kappa shape index (κ2) is 4.96. The summed E-state index contributed by atoms with van der Waals surface area (Å²) in [5.41, 5.74) is 1.60. The number of fused-ring (bicyclic) bond motifs is 1. The number of nitrogens with zero attached hydrogens (tertiary/aromatic N) is 3. The molecule has 0 spiro atoms. The predicted octanol–water partition coefficient (Wildman–Crippen LogP) is 2.45. The first-order valence-electron chi connectivity index (χ1n) is 5.88. The zero-order valence-corrected chi connectivity index (χ0v) is 10.3. The van der Waals surface area contributed by atoms with Gasteiger partial charge in [0.15, 0.2) is 0 Å². The quantitative estimate of drug-likeness (QED) is 0.580. The molecule has 0 unspecified atom stereocenters. The number of hydrogen-bond acceptors (Lipinski definition) is 5. The van der Waals surface area contributed by atoms with E-state index >= 15 is 0 Å². The summed E-state index contributed by atoms with van der Waals surface area (Å²) in [4.78, 5) is 21.2. The van der Waals surface area contributed by atoms with E-state index in [1.807, 2.05) is 6.07 Å². The van der Waals surface area contributed by atoms with E-state index in [1.54, 1.807) is 18.3 Å². The second-order valence-corrected chi connectivity index (χ2v) is 4.13. The van der Waals surface area contributed by atoms with Crippen LogP contribution in [0.3, 0.4) is 0 Å². The first kappa shape index (κ1) is 12.1. The Kier molecular flexibility index (Phi) is 3.00. The van der Waals surface area contributed by atoms with Crippen molar-refractivity contribution >= 4 is 16.7 Å². The predicted molar refractivity (Wildman–Crippen MR) is 71.3 cm³/mol. The highest BCUT2D eigenvalue weighted by Crippen LogP contribution is 2.21. The fourth-order valence-electron chi connectivity index (χ4n) is 1.83. The van der Waals surface area contributed by atoms with Gasteiger partial charge in [-0.25, -0.2) is 9.97 Å². The normalized spacial score (nSPS) is 10.6. The van der Waals surface area contributed by atoms with Gasteiger partial charge in [-0.1, -0.05) is 0 Å². The summed E-state index contributed by atoms with van der Waals surface area (Å²) in [6, 6.07) is 8.05. The average molecular weight is 270 g/mol. The van der Waals surface area contributed by atoms with E-state index in [1.165, 1.54) is 18.5 Å². The fourth-order valence-corrected chi connectivity index (χ4v) is 1.83. The fraction of sp³-hybridized carbons (Fsp3) is 0.0769. The Bertz CT molecular complexity index is 752. The number of benzene rings is 1. The molecule has 2 heterocycles. The number of H-pyrrole nitrogens is 1. The Hall–Kier alpha value is -2.96. The van der Waals surface area contributed by atoms with E-state index in [-0.39, 0.29) is 12.3 Å². The van der Waals surface area contributed by atoms with Crippen LogP contribution in [0.15, 0.2) is 42.9 Å². The molecular formula is C13H10N4O3. The molecule has 2 aromatic heterocycles. The summed E-state index contributed by atoms with van der Waals surface area (Å²) in [7, 11) is 0. The van der Waals surface area contributed by atoms with Crippen LogP contribution in [0.2, 0.25) is 0 Å². The monoisotopic (exact) mass is 270 g/mol. The lowest BCUT2D eigenvalue weighted by atomic mass is 10.2. The Labute approximate surface area is 113 Å². The highest BCUT2D eigenvalue weighted by atomic mass is 16.6. The highest BCUT2D eigenvalue weighted by Gasteiger charge is 2.07. The molecule has 3 aromatic rings. The first-order chi connectivity index (χ1) is 9.74. The summed E-state index contributed by atoms with van der Waals surface area (Å²) < 4.78 is 5.62. The van der Waals surface area contributed by atoms with E-state index < -0.39 is 4.92 Å². The zero-order valence-electron chi connectivity index (χ0n) is 10.3. The summed E-state index contributed by atoms with van der Waals surface area (Å²) in [6.45, 7) is 0.287. The third kappa shape index (κ3) is 2.28. The molecule has 20 heavy (non-hydrogen) atoms. The topological polar surface area (TPSA) is 93.9 Å². The van der Waals surface area contributed by atoms with Crippen LogP contribution in [-0.4, -0.2) is 19.9 Å². The van der Waals surface area contributed by atoms with E-state index in [2.05, 4.69) is 15.0 Å². The molecule has 0 aliphatic carbocycles. The molecule has 100 valence electrons. The van der Waals surface area contributed by atoms with Gasteiger partial charge >= 0.3 is 0 Å². The minimum atomic E-state index is -0.432. The molecule has 7 heteroatoms. The van der Waals surface area contributed by atoms with Crippen LogP contribution in [0.5, 0.6) is 5.88 Å². The van der Waals surface area contributed by atoms with E-state index in [4.69, 9.17) is 4.74 Å². The summed E-state index contributed by atoms with van der Waals surface area (Å²) in [5.74, 6) is 0.481. The number of hydrogen-bond donors (Lipinski definition) is 1. The van der Waals surface area contributed by atoms with Crippen molar-refractivity contribution in [1.82, 2.24) is 15.0 Å². The minimum absolute atomic E-state index is 0.0591. The van der Waals surface area contributed by atoms with Crippen LogP contribution in [0, 0.1) is 10.1 Å². The van der Waals surface area contributed by atoms with Crippen molar-refractivity contribution in [3.63, 3.8) is 0 Å². The Morgan fingerprint density at radius 3 is 2.75 bits per heavy atom. The molecule has 0 aliphatic rings. The molecule has 0 amide bonds. The van der Waals surface area contributed by atoms with Crippen molar-refractivity contribution in [2.75, 3.05) is 0 Å². The molecule has 0 bridgehead atoms. The number of ether oxygens (including phenoxy) is 1. The summed E-state index contributed by atoms with van der Waals surface area (Å²) >= 11 is 0. The maximum atomic E-state index is 10.6. The molecule has 0 fully saturated rings. The number of aromatic nitrogens is 3. The molecule has 7 nitrogen and oxygen atoms in total. The maximum absolute atomic E-state index is 10.6. The van der Waals surface area contributed by atoms with Crippen LogP contribution < -0.4 is 4.74 Å². The third-order valence-corrected chi connectivity index (χ3v) is 2.84. The van der Waals surface area contributed by atoms with Gasteiger partial charge in [0, 0.05) is 18.3 Å². The molecule has 0 saturated carbocycles. The smallest absolute Gasteiger partial charge is 0.269 e. The van der Waals surface area contributed by atoms with Gasteiger partial charge in [-0.05, 0) is 23.8 Å². The number of nitrogens with one attached hydrogen (secondary N) is 1. The van der Waals surface area contributed by atoms with Crippen molar-refractivity contribution in [3.8, 4) is 5.88 Å². The van der Waals surface area contributed by atoms with E-state index in [9.17, 15) is 10.1 Å². The molecular weight excluding hydrogens is 260 g/mol. The number of nitro groups is 1. The molecule has 0 saturated heterocycles. The first-order valence-corrected chi connectivity index (χ1v) is 5.88. The number of nitro benzene ring substituents is 1. The van der Waals surface area contributed by atoms with Gasteiger partial charge in [0.1, 0.15) is 18.6 Å². The number of rotatable bonds is 4. The highest BCUT2D eigenvalue weighted by molar-refractivity contribution is 5.80. The maximum Gasteiger partial charge on any atom is 0.269 e. The van der Waals surface area contributed by atoms with Crippen molar-refractivity contribution in [1.29, 1.82) is 0 Å². The lowest BCUT2D eigenvalue weighted by Gasteiger charge is -2.05. The lowest BCUT2D eigenvalue weighted by Crippen LogP contribution is -1.98. The van der Waals surface area contributed by atoms with Crippen molar-refractivity contribution in [2.45, 2.75) is 6.61 Å². The van der Waals surface area contributed by atoms with Crippen molar-refractivity contribution in [3.05, 3.63) is 58.5 Å². The average Bonchev–Trinajstić information content (AvgIpc) is 2.94. The van der Waals surface area contributed by atoms with Crippen LogP contribution in [0.1, 0.15) is 5.56 Å². The van der Waals surface area contributed by atoms with Gasteiger partial charge in [0.25, 0.3) is 5.69 Å². The number of aromatic amines is 1. The van der Waals surface area contributed by atoms with Crippen LogP contribution in [0.25, 0.3) is 11.0 Å². The van der Waals surface area contributed by atoms with Gasteiger partial charge in [-0.2, -0.15) is 0 Å². The molecule has 0 atom stereocenters. The Morgan fingerprint density at radius 1 is 1.20 bits per heavy atom. The Balaban J connectivity index is 1.76. The van der Waals surface area contributed by atoms with E-state index in [0.717, 1.165) is 10.9 Å². The number of non-ortho nitro benzene ring substituents is 1. The third-order valence-electron chi connectivity index (χ3n) is 2.84. The molecule has 1 aromatic carbocycles. The summed E-state index contributed by atoms with van der Waals surface area (Å²) in [5, 5.41) is 11.4. The van der Waals surface area contributed by atoms with Gasteiger partial charge in [-0.3, -0.25) is 10.1 Å². The van der Waals surface area contributed by atoms with Crippen LogP contribution >= 0.6 is 0 Å². The molecule has 3 rings (SSSR count). The van der Waals surface area contributed by atoms with Crippen LogP contribution in [0.4, 0.5) is 5.69 Å². The lowest BCUT2D eigenvalue weighted by molar-refractivity contribution is -0.384. The summed E-state index contributed by atoms with van der Waals surface area (Å²) in [6.07, 6.45) is 3.18. The SMILES string of the molecule is O=[N+]([O-])c1ccc(COc2ncnc3[nH]ccc23)cc1. The standard InChI is InChI=1S/C13H10N4O3/c18-17(19)10-3-1-9(2-4-10)7-20-13-11-5-6-14-12(11)15-8-16-13/h1-6,8H,7H2,(H,14,15,16). The minimum Gasteiger partial charge on any atom is -0.472 e. The van der Waals surface area contributed by atoms with E-state index in [0.29, 0.717) is 11.5 Å². The largest absolute Gasteiger partial charge is 0.472 e. The van der Waals surface area contributed by atoms with Crippen LogP contribution in [-0.2, 0) is 6.61 Å². The van der Waals surface area contributed by atoms with Crippen molar-refractivity contribution < 1.29 is 9.66 Å². The van der Waals surface area contributed by atoms with Gasteiger partial charge in [0.2, 0.25) is 5.88 Å².